The maximum Gasteiger partial charge on any atom is 0.0483 e. The first-order valence-corrected chi connectivity index (χ1v) is 7.38. The van der Waals surface area contributed by atoms with Crippen LogP contribution in [0.15, 0.2) is 48.5 Å². The molecule has 0 radical (unpaired) electrons. The fourth-order valence-electron chi connectivity index (χ4n) is 3.12. The lowest BCUT2D eigenvalue weighted by atomic mass is 10.0. The van der Waals surface area contributed by atoms with Crippen LogP contribution < -0.4 is 5.73 Å². The zero-order valence-electron chi connectivity index (χ0n) is 11.6. The Kier molecular flexibility index (Phi) is 3.79. The van der Waals surface area contributed by atoms with Crippen molar-refractivity contribution in [3.8, 4) is 0 Å². The third kappa shape index (κ3) is 2.24. The van der Waals surface area contributed by atoms with Crippen LogP contribution in [0.4, 0.5) is 0 Å². The van der Waals surface area contributed by atoms with Gasteiger partial charge in [0.25, 0.3) is 0 Å². The molecule has 3 rings (SSSR count). The highest BCUT2D eigenvalue weighted by atomic mass is 35.5. The van der Waals surface area contributed by atoms with Gasteiger partial charge in [-0.2, -0.15) is 0 Å². The van der Waals surface area contributed by atoms with Gasteiger partial charge in [0.15, 0.2) is 0 Å². The third-order valence-corrected chi connectivity index (χ3v) is 4.61. The average Bonchev–Trinajstić information content (AvgIpc) is 2.87. The molecule has 0 spiro atoms. The minimum Gasteiger partial charge on any atom is -0.329 e. The maximum atomic E-state index is 6.34. The molecule has 0 saturated heterocycles. The Hall–Kier alpha value is -1.35. The number of rotatable bonds is 3. The minimum atomic E-state index is 0.249. The predicted molar refractivity (Wildman–Crippen MR) is 83.6 cm³/mol. The molecule has 2 atom stereocenters. The first-order valence-electron chi connectivity index (χ1n) is 7.00. The highest BCUT2D eigenvalue weighted by Crippen LogP contribution is 2.41. The molecule has 2 aromatic carbocycles. The average molecular weight is 287 g/mol. The normalized spacial score (nSPS) is 19.9. The van der Waals surface area contributed by atoms with Gasteiger partial charge in [0, 0.05) is 30.2 Å². The van der Waals surface area contributed by atoms with Gasteiger partial charge in [0.05, 0.1) is 0 Å². The molecular weight excluding hydrogens is 268 g/mol. The minimum absolute atomic E-state index is 0.249. The van der Waals surface area contributed by atoms with E-state index >= 15 is 0 Å². The van der Waals surface area contributed by atoms with Crippen LogP contribution in [0.1, 0.15) is 35.7 Å². The molecule has 1 aliphatic heterocycles. The molecular formula is C17H19ClN2. The summed E-state index contributed by atoms with van der Waals surface area (Å²) in [6, 6.07) is 17.3. The van der Waals surface area contributed by atoms with Crippen LogP contribution in [0.3, 0.4) is 0 Å². The van der Waals surface area contributed by atoms with Gasteiger partial charge < -0.3 is 5.73 Å². The monoisotopic (exact) mass is 286 g/mol. The lowest BCUT2D eigenvalue weighted by Crippen LogP contribution is -2.30. The molecule has 1 heterocycles. The molecule has 2 aromatic rings. The first-order chi connectivity index (χ1) is 9.72. The number of fused-ring (bicyclic) bond motifs is 1. The summed E-state index contributed by atoms with van der Waals surface area (Å²) in [5, 5.41) is 0.851. The van der Waals surface area contributed by atoms with E-state index in [1.54, 1.807) is 0 Å². The molecule has 0 bridgehead atoms. The van der Waals surface area contributed by atoms with Crippen molar-refractivity contribution >= 4 is 11.6 Å². The Balaban J connectivity index is 1.95. The van der Waals surface area contributed by atoms with Crippen molar-refractivity contribution in [3.63, 3.8) is 0 Å². The van der Waals surface area contributed by atoms with Crippen LogP contribution >= 0.6 is 11.6 Å². The molecule has 0 aliphatic carbocycles. The van der Waals surface area contributed by atoms with E-state index in [2.05, 4.69) is 42.2 Å². The maximum absolute atomic E-state index is 6.34. The van der Waals surface area contributed by atoms with Crippen molar-refractivity contribution < 1.29 is 0 Å². The molecule has 2 unspecified atom stereocenters. The number of hydrogen-bond donors (Lipinski definition) is 1. The van der Waals surface area contributed by atoms with E-state index in [-0.39, 0.29) is 6.04 Å². The molecule has 0 aromatic heterocycles. The summed E-state index contributed by atoms with van der Waals surface area (Å²) in [5.74, 6) is 0. The van der Waals surface area contributed by atoms with E-state index in [9.17, 15) is 0 Å². The van der Waals surface area contributed by atoms with Crippen molar-refractivity contribution in [2.75, 3.05) is 6.54 Å². The van der Waals surface area contributed by atoms with Gasteiger partial charge in [0.1, 0.15) is 0 Å². The number of hydrogen-bond acceptors (Lipinski definition) is 2. The third-order valence-electron chi connectivity index (χ3n) is 4.26. The van der Waals surface area contributed by atoms with Crippen molar-refractivity contribution in [1.29, 1.82) is 0 Å². The number of halogens is 1. The van der Waals surface area contributed by atoms with Crippen LogP contribution in [0.25, 0.3) is 0 Å². The zero-order chi connectivity index (χ0) is 14.1. The first kappa shape index (κ1) is 13.6. The second-order valence-electron chi connectivity index (χ2n) is 5.32. The van der Waals surface area contributed by atoms with Crippen LogP contribution in [0, 0.1) is 0 Å². The van der Waals surface area contributed by atoms with Crippen LogP contribution in [0.2, 0.25) is 5.02 Å². The summed E-state index contributed by atoms with van der Waals surface area (Å²) < 4.78 is 0. The molecule has 1 aliphatic rings. The molecule has 20 heavy (non-hydrogen) atoms. The predicted octanol–water partition coefficient (Wildman–Crippen LogP) is 3.92. The van der Waals surface area contributed by atoms with Crippen LogP contribution in [-0.2, 0) is 6.54 Å². The fourth-order valence-corrected chi connectivity index (χ4v) is 3.36. The van der Waals surface area contributed by atoms with Crippen molar-refractivity contribution in [3.05, 3.63) is 70.2 Å². The van der Waals surface area contributed by atoms with Gasteiger partial charge in [-0.25, -0.2) is 0 Å². The van der Waals surface area contributed by atoms with E-state index in [0.29, 0.717) is 12.6 Å². The summed E-state index contributed by atoms with van der Waals surface area (Å²) in [7, 11) is 0. The Morgan fingerprint density at radius 2 is 1.95 bits per heavy atom. The number of nitrogens with zero attached hydrogens (tertiary/aromatic N) is 1. The molecule has 0 fully saturated rings. The topological polar surface area (TPSA) is 29.3 Å². The molecule has 2 nitrogen and oxygen atoms in total. The molecule has 0 saturated carbocycles. The van der Waals surface area contributed by atoms with E-state index < -0.39 is 0 Å². The lowest BCUT2D eigenvalue weighted by molar-refractivity contribution is 0.161. The zero-order valence-corrected chi connectivity index (χ0v) is 12.3. The number of benzene rings is 2. The highest BCUT2D eigenvalue weighted by Gasteiger charge is 2.33. The van der Waals surface area contributed by atoms with Gasteiger partial charge in [-0.05, 0) is 29.7 Å². The highest BCUT2D eigenvalue weighted by molar-refractivity contribution is 6.31. The molecule has 0 amide bonds. The molecule has 104 valence electrons. The van der Waals surface area contributed by atoms with Crippen molar-refractivity contribution in [2.45, 2.75) is 25.6 Å². The smallest absolute Gasteiger partial charge is 0.0483 e. The fraction of sp³-hybridized carbons (Fsp3) is 0.294. The van der Waals surface area contributed by atoms with Gasteiger partial charge in [-0.15, -0.1) is 0 Å². The van der Waals surface area contributed by atoms with Gasteiger partial charge in [-0.1, -0.05) is 54.1 Å². The van der Waals surface area contributed by atoms with Gasteiger partial charge in [-0.3, -0.25) is 4.90 Å². The summed E-state index contributed by atoms with van der Waals surface area (Å²) in [6.45, 7) is 3.72. The van der Waals surface area contributed by atoms with Crippen LogP contribution in [0.5, 0.6) is 0 Å². The summed E-state index contributed by atoms with van der Waals surface area (Å²) >= 11 is 6.34. The van der Waals surface area contributed by atoms with Gasteiger partial charge >= 0.3 is 0 Å². The Morgan fingerprint density at radius 3 is 2.65 bits per heavy atom. The Labute approximate surface area is 125 Å². The van der Waals surface area contributed by atoms with Crippen molar-refractivity contribution in [1.82, 2.24) is 4.90 Å². The number of nitrogens with two attached hydrogens (primary N) is 1. The summed E-state index contributed by atoms with van der Waals surface area (Å²) in [6.07, 6.45) is 0. The quantitative estimate of drug-likeness (QED) is 0.927. The van der Waals surface area contributed by atoms with E-state index in [1.165, 1.54) is 16.7 Å². The lowest BCUT2D eigenvalue weighted by Gasteiger charge is -2.30. The Morgan fingerprint density at radius 1 is 1.20 bits per heavy atom. The van der Waals surface area contributed by atoms with E-state index in [4.69, 9.17) is 17.3 Å². The molecule has 2 N–H and O–H groups in total. The van der Waals surface area contributed by atoms with Gasteiger partial charge in [0.2, 0.25) is 0 Å². The van der Waals surface area contributed by atoms with Crippen molar-refractivity contribution in [2.24, 2.45) is 5.73 Å². The SMILES string of the molecule is CC(c1ccccc1)N1Cc2c(Cl)cccc2C1CN. The molecule has 3 heteroatoms. The largest absolute Gasteiger partial charge is 0.329 e. The van der Waals surface area contributed by atoms with Crippen LogP contribution in [-0.4, -0.2) is 11.4 Å². The van der Waals surface area contributed by atoms with E-state index in [0.717, 1.165) is 11.6 Å². The summed E-state index contributed by atoms with van der Waals surface area (Å²) in [5.41, 5.74) is 9.84. The Bertz CT molecular complexity index is 597. The summed E-state index contributed by atoms with van der Waals surface area (Å²) in [4.78, 5) is 2.44. The second-order valence-corrected chi connectivity index (χ2v) is 5.73. The second kappa shape index (κ2) is 5.57. The standard InChI is InChI=1S/C17H19ClN2/c1-12(13-6-3-2-4-7-13)20-11-15-14(17(20)10-19)8-5-9-16(15)18/h2-9,12,17H,10-11,19H2,1H3. The van der Waals surface area contributed by atoms with E-state index in [1.807, 2.05) is 18.2 Å².